The van der Waals surface area contributed by atoms with Gasteiger partial charge in [-0.1, -0.05) is 60.0 Å². The molecule has 3 atom stereocenters. The van der Waals surface area contributed by atoms with Crippen LogP contribution in [0, 0.1) is 5.41 Å². The lowest BCUT2D eigenvalue weighted by Crippen LogP contribution is -2.73. The minimum absolute atomic E-state index is 0.121. The molecule has 5 heteroatoms. The fourth-order valence-corrected chi connectivity index (χ4v) is 5.87. The third-order valence-electron chi connectivity index (χ3n) is 8.44. The van der Waals surface area contributed by atoms with Gasteiger partial charge in [-0.05, 0) is 75.5 Å². The van der Waals surface area contributed by atoms with Crippen molar-refractivity contribution < 1.29 is 4.39 Å². The molecule has 3 nitrogen and oxygen atoms in total. The summed E-state index contributed by atoms with van der Waals surface area (Å²) in [6, 6.07) is 5.91. The van der Waals surface area contributed by atoms with Gasteiger partial charge in [-0.2, -0.15) is 0 Å². The Hall–Kier alpha value is -1.64. The highest BCUT2D eigenvalue weighted by atomic mass is 31.0. The molecule has 0 radical (unpaired) electrons. The van der Waals surface area contributed by atoms with Crippen LogP contribution in [-0.2, 0) is 5.41 Å². The van der Waals surface area contributed by atoms with E-state index in [-0.39, 0.29) is 11.6 Å². The Morgan fingerprint density at radius 1 is 1.29 bits per heavy atom. The standard InChI is InChI=1S/C29H45FN3P/c1-8-11-13-21(4)26(29(16-12-17-29)33-19-28(9-2,10-3)20-33)32-22(5)24-15-14-23(27(6,30)34)18-25(24)31-7/h8,11,13-15,18,26,31-32H,5,9-10,12,16-17,19-20,34H2,1-4,6-7H3/b11-8-,21-13+. The van der Waals surface area contributed by atoms with E-state index in [9.17, 15) is 4.39 Å². The van der Waals surface area contributed by atoms with E-state index in [0.717, 1.165) is 16.9 Å². The molecule has 1 saturated carbocycles. The maximum atomic E-state index is 14.5. The second kappa shape index (κ2) is 10.5. The molecule has 3 rings (SSSR count). The van der Waals surface area contributed by atoms with E-state index in [1.807, 2.05) is 25.2 Å². The van der Waals surface area contributed by atoms with Gasteiger partial charge in [0.1, 0.15) is 5.41 Å². The van der Waals surface area contributed by atoms with Gasteiger partial charge >= 0.3 is 0 Å². The predicted octanol–water partition coefficient (Wildman–Crippen LogP) is 7.24. The van der Waals surface area contributed by atoms with Crippen molar-refractivity contribution in [3.63, 3.8) is 0 Å². The van der Waals surface area contributed by atoms with E-state index < -0.39 is 5.41 Å². The number of nitrogens with one attached hydrogen (secondary N) is 2. The molecule has 34 heavy (non-hydrogen) atoms. The van der Waals surface area contributed by atoms with Crippen LogP contribution in [0.15, 0.2) is 48.6 Å². The van der Waals surface area contributed by atoms with Crippen molar-refractivity contribution in [2.75, 3.05) is 25.5 Å². The van der Waals surface area contributed by atoms with Crippen LogP contribution in [0.2, 0.25) is 0 Å². The lowest BCUT2D eigenvalue weighted by molar-refractivity contribution is -0.123. The van der Waals surface area contributed by atoms with Gasteiger partial charge in [0, 0.05) is 42.6 Å². The Bertz CT molecular complexity index is 927. The molecular formula is C29H45FN3P. The molecule has 1 aliphatic carbocycles. The number of likely N-dealkylation sites (tertiary alicyclic amines) is 1. The van der Waals surface area contributed by atoms with Crippen molar-refractivity contribution in [1.82, 2.24) is 10.2 Å². The van der Waals surface area contributed by atoms with Crippen LogP contribution >= 0.6 is 9.24 Å². The Morgan fingerprint density at radius 3 is 2.41 bits per heavy atom. The van der Waals surface area contributed by atoms with E-state index in [1.165, 1.54) is 50.8 Å². The molecule has 1 aromatic rings. The summed E-state index contributed by atoms with van der Waals surface area (Å²) < 4.78 is 14.5. The third-order valence-corrected chi connectivity index (χ3v) is 8.78. The number of allylic oxidation sites excluding steroid dienone is 3. The summed E-state index contributed by atoms with van der Waals surface area (Å²) in [5.74, 6) is 0. The van der Waals surface area contributed by atoms with Crippen molar-refractivity contribution in [1.29, 1.82) is 0 Å². The number of halogens is 1. The molecule has 2 N–H and O–H groups in total. The predicted molar refractivity (Wildman–Crippen MR) is 150 cm³/mol. The Labute approximate surface area is 209 Å². The maximum absolute atomic E-state index is 14.5. The van der Waals surface area contributed by atoms with Gasteiger partial charge in [0.05, 0.1) is 6.04 Å². The highest BCUT2D eigenvalue weighted by Crippen LogP contribution is 2.51. The average molecular weight is 486 g/mol. The number of anilines is 1. The SMILES string of the molecule is C=C(NC(/C(C)=C/C=C\C)C1(N2CC(CC)(CC)C2)CCC1)c1ccc(C(C)(F)P)cc1NC. The molecule has 188 valence electrons. The van der Waals surface area contributed by atoms with Crippen LogP contribution in [-0.4, -0.2) is 36.6 Å². The molecule has 0 spiro atoms. The molecule has 2 fully saturated rings. The summed E-state index contributed by atoms with van der Waals surface area (Å²) in [5.41, 5.74) is 5.30. The summed E-state index contributed by atoms with van der Waals surface area (Å²) >= 11 is 0. The zero-order valence-electron chi connectivity index (χ0n) is 22.1. The molecular weight excluding hydrogens is 440 g/mol. The highest BCUT2D eigenvalue weighted by molar-refractivity contribution is 7.18. The largest absolute Gasteiger partial charge is 0.388 e. The number of rotatable bonds is 11. The fraction of sp³-hybridized carbons (Fsp3) is 0.586. The number of benzene rings is 1. The summed E-state index contributed by atoms with van der Waals surface area (Å²) in [5, 5.41) is 5.64. The minimum Gasteiger partial charge on any atom is -0.388 e. The molecule has 2 aliphatic rings. The number of nitrogens with zero attached hydrogens (tertiary/aromatic N) is 1. The Kier molecular flexibility index (Phi) is 8.36. The summed E-state index contributed by atoms with van der Waals surface area (Å²) in [7, 11) is 4.16. The van der Waals surface area contributed by atoms with Crippen molar-refractivity contribution in [3.05, 3.63) is 59.7 Å². The van der Waals surface area contributed by atoms with Crippen molar-refractivity contribution in [2.45, 2.75) is 83.7 Å². The van der Waals surface area contributed by atoms with E-state index in [1.54, 1.807) is 6.92 Å². The third kappa shape index (κ3) is 5.14. The van der Waals surface area contributed by atoms with Crippen molar-refractivity contribution >= 4 is 20.6 Å². The summed E-state index contributed by atoms with van der Waals surface area (Å²) in [4.78, 5) is 2.74. The number of alkyl halides is 1. The fourth-order valence-electron chi connectivity index (χ4n) is 5.69. The molecule has 3 unspecified atom stereocenters. The average Bonchev–Trinajstić information content (AvgIpc) is 2.76. The first kappa shape index (κ1) is 27.0. The smallest absolute Gasteiger partial charge is 0.145 e. The van der Waals surface area contributed by atoms with Crippen LogP contribution in [0.4, 0.5) is 10.1 Å². The number of hydrogen-bond donors (Lipinski definition) is 2. The van der Waals surface area contributed by atoms with Crippen LogP contribution < -0.4 is 10.6 Å². The van der Waals surface area contributed by atoms with Crippen molar-refractivity contribution in [2.24, 2.45) is 5.41 Å². The Morgan fingerprint density at radius 2 is 1.94 bits per heavy atom. The molecule has 1 saturated heterocycles. The van der Waals surface area contributed by atoms with Crippen LogP contribution in [0.1, 0.15) is 77.8 Å². The molecule has 1 aliphatic heterocycles. The van der Waals surface area contributed by atoms with Crippen LogP contribution in [0.25, 0.3) is 5.70 Å². The van der Waals surface area contributed by atoms with Gasteiger partial charge in [-0.25, -0.2) is 4.39 Å². The second-order valence-electron chi connectivity index (χ2n) is 10.6. The van der Waals surface area contributed by atoms with Gasteiger partial charge in [-0.15, -0.1) is 0 Å². The zero-order valence-corrected chi connectivity index (χ0v) is 23.3. The maximum Gasteiger partial charge on any atom is 0.145 e. The van der Waals surface area contributed by atoms with E-state index >= 15 is 0 Å². The summed E-state index contributed by atoms with van der Waals surface area (Å²) in [6.45, 7) is 17.3. The molecule has 1 aromatic carbocycles. The quantitative estimate of drug-likeness (QED) is 0.255. The van der Waals surface area contributed by atoms with Gasteiger partial charge in [-0.3, -0.25) is 4.90 Å². The van der Waals surface area contributed by atoms with E-state index in [2.05, 4.69) is 77.3 Å². The minimum atomic E-state index is -1.47. The molecule has 0 bridgehead atoms. The monoisotopic (exact) mass is 485 g/mol. The first-order valence-corrected chi connectivity index (χ1v) is 13.4. The normalized spacial score (nSPS) is 22.4. The van der Waals surface area contributed by atoms with Crippen LogP contribution in [0.5, 0.6) is 0 Å². The Balaban J connectivity index is 1.93. The first-order chi connectivity index (χ1) is 16.1. The number of hydrogen-bond acceptors (Lipinski definition) is 3. The van der Waals surface area contributed by atoms with E-state index in [0.29, 0.717) is 11.0 Å². The second-order valence-corrected chi connectivity index (χ2v) is 11.7. The molecule has 0 amide bonds. The van der Waals surface area contributed by atoms with Crippen molar-refractivity contribution in [3.8, 4) is 0 Å². The molecule has 0 aromatic heterocycles. The lowest BCUT2D eigenvalue weighted by Gasteiger charge is -2.64. The van der Waals surface area contributed by atoms with Gasteiger partial charge in [0.2, 0.25) is 0 Å². The van der Waals surface area contributed by atoms with Gasteiger partial charge < -0.3 is 10.6 Å². The lowest BCUT2D eigenvalue weighted by atomic mass is 9.62. The van der Waals surface area contributed by atoms with Gasteiger partial charge in [0.15, 0.2) is 0 Å². The summed E-state index contributed by atoms with van der Waals surface area (Å²) in [6.07, 6.45) is 12.6. The molecule has 1 heterocycles. The van der Waals surface area contributed by atoms with E-state index in [4.69, 9.17) is 0 Å². The topological polar surface area (TPSA) is 27.3 Å². The van der Waals surface area contributed by atoms with Crippen LogP contribution in [0.3, 0.4) is 0 Å². The zero-order chi connectivity index (χ0) is 25.1. The van der Waals surface area contributed by atoms with Gasteiger partial charge in [0.25, 0.3) is 0 Å². The highest BCUT2D eigenvalue weighted by Gasteiger charge is 2.56. The first-order valence-electron chi connectivity index (χ1n) is 12.9.